The summed E-state index contributed by atoms with van der Waals surface area (Å²) in [4.78, 5) is 22.0. The van der Waals surface area contributed by atoms with Crippen LogP contribution in [-0.4, -0.2) is 22.7 Å². The maximum atomic E-state index is 11.9. The summed E-state index contributed by atoms with van der Waals surface area (Å²) in [6.45, 7) is 0.557. The zero-order valence-corrected chi connectivity index (χ0v) is 13.2. The summed E-state index contributed by atoms with van der Waals surface area (Å²) in [6.07, 6.45) is 4.17. The van der Waals surface area contributed by atoms with E-state index in [2.05, 4.69) is 21.2 Å². The Bertz CT molecular complexity index is 483. The first kappa shape index (κ1) is 16.9. The Labute approximate surface area is 131 Å². The Morgan fingerprint density at radius 1 is 1.25 bits per heavy atom. The maximum Gasteiger partial charge on any atom is 0.271 e. The minimum atomic E-state index is -0.567. The summed E-state index contributed by atoms with van der Waals surface area (Å²) in [5, 5.41) is 14.6. The van der Waals surface area contributed by atoms with E-state index >= 15 is 0 Å². The van der Waals surface area contributed by atoms with E-state index < -0.39 is 4.92 Å². The van der Waals surface area contributed by atoms with Gasteiger partial charge in [0.05, 0.1) is 4.92 Å². The van der Waals surface area contributed by atoms with Crippen LogP contribution in [0.1, 0.15) is 36.0 Å². The Kier molecular flexibility index (Phi) is 7.54. The number of nitrogens with zero attached hydrogens (tertiary/aromatic N) is 1. The second kappa shape index (κ2) is 8.92. The second-order valence-electron chi connectivity index (χ2n) is 4.31. The van der Waals surface area contributed by atoms with Crippen LogP contribution in [0.2, 0.25) is 5.02 Å². The number of amides is 1. The number of alkyl halides is 1. The molecule has 110 valence electrons. The average Bonchev–Trinajstić information content (AvgIpc) is 2.41. The fourth-order valence-corrected chi connectivity index (χ4v) is 2.31. The number of benzene rings is 1. The Morgan fingerprint density at radius 2 is 1.95 bits per heavy atom. The first-order chi connectivity index (χ1) is 9.54. The van der Waals surface area contributed by atoms with Crippen LogP contribution in [0, 0.1) is 10.1 Å². The lowest BCUT2D eigenvalue weighted by atomic mass is 10.1. The molecule has 0 aliphatic carbocycles. The molecule has 0 saturated carbocycles. The van der Waals surface area contributed by atoms with Crippen LogP contribution in [0.4, 0.5) is 5.69 Å². The highest BCUT2D eigenvalue weighted by atomic mass is 79.9. The van der Waals surface area contributed by atoms with Gasteiger partial charge in [-0.3, -0.25) is 14.9 Å². The van der Waals surface area contributed by atoms with Crippen LogP contribution in [0.25, 0.3) is 0 Å². The lowest BCUT2D eigenvalue weighted by Gasteiger charge is -2.05. The number of nitrogens with one attached hydrogen (secondary N) is 1. The van der Waals surface area contributed by atoms with Gasteiger partial charge in [-0.2, -0.15) is 0 Å². The number of carbonyl (C=O) groups is 1. The number of unbranched alkanes of at least 4 members (excludes halogenated alkanes) is 3. The van der Waals surface area contributed by atoms with Crippen molar-refractivity contribution in [2.45, 2.75) is 25.7 Å². The standard InChI is InChI=1S/C13H16BrClN2O3/c14-5-3-1-2-4-6-16-13(18)10-7-11(15)9-12(8-10)17(19)20/h7-9H,1-6H2,(H,16,18). The van der Waals surface area contributed by atoms with Gasteiger partial charge in [-0.25, -0.2) is 0 Å². The molecule has 1 N–H and O–H groups in total. The van der Waals surface area contributed by atoms with Crippen molar-refractivity contribution in [1.29, 1.82) is 0 Å². The highest BCUT2D eigenvalue weighted by molar-refractivity contribution is 9.09. The molecule has 1 aromatic rings. The summed E-state index contributed by atoms with van der Waals surface area (Å²) in [5.74, 6) is -0.337. The summed E-state index contributed by atoms with van der Waals surface area (Å²) in [6, 6.07) is 3.87. The van der Waals surface area contributed by atoms with Gasteiger partial charge in [0, 0.05) is 34.6 Å². The smallest absolute Gasteiger partial charge is 0.271 e. The molecule has 1 amide bonds. The van der Waals surface area contributed by atoms with E-state index in [0.29, 0.717) is 6.54 Å². The number of carbonyl (C=O) groups excluding carboxylic acids is 1. The average molecular weight is 364 g/mol. The van der Waals surface area contributed by atoms with Crippen molar-refractivity contribution in [3.8, 4) is 0 Å². The van der Waals surface area contributed by atoms with Crippen molar-refractivity contribution >= 4 is 39.1 Å². The Hall–Kier alpha value is -1.14. The molecule has 5 nitrogen and oxygen atoms in total. The molecule has 0 fully saturated rings. The molecule has 0 aliphatic rings. The fraction of sp³-hybridized carbons (Fsp3) is 0.462. The predicted molar refractivity (Wildman–Crippen MR) is 82.7 cm³/mol. The van der Waals surface area contributed by atoms with E-state index in [-0.39, 0.29) is 22.2 Å². The number of rotatable bonds is 8. The van der Waals surface area contributed by atoms with Crippen LogP contribution in [-0.2, 0) is 0 Å². The van der Waals surface area contributed by atoms with Crippen molar-refractivity contribution < 1.29 is 9.72 Å². The molecule has 20 heavy (non-hydrogen) atoms. The van der Waals surface area contributed by atoms with Gasteiger partial charge in [0.1, 0.15) is 0 Å². The van der Waals surface area contributed by atoms with Gasteiger partial charge in [0.25, 0.3) is 11.6 Å². The number of halogens is 2. The van der Waals surface area contributed by atoms with Crippen molar-refractivity contribution in [3.05, 3.63) is 38.9 Å². The molecule has 0 atom stereocenters. The number of hydrogen-bond acceptors (Lipinski definition) is 3. The molecule has 0 bridgehead atoms. The van der Waals surface area contributed by atoms with Gasteiger partial charge >= 0.3 is 0 Å². The normalized spacial score (nSPS) is 10.3. The van der Waals surface area contributed by atoms with Gasteiger partial charge in [0.15, 0.2) is 0 Å². The maximum absolute atomic E-state index is 11.9. The monoisotopic (exact) mass is 362 g/mol. The minimum Gasteiger partial charge on any atom is -0.352 e. The number of non-ortho nitro benzene ring substituents is 1. The first-order valence-corrected chi connectivity index (χ1v) is 7.83. The van der Waals surface area contributed by atoms with E-state index in [9.17, 15) is 14.9 Å². The second-order valence-corrected chi connectivity index (χ2v) is 5.54. The van der Waals surface area contributed by atoms with E-state index in [1.54, 1.807) is 0 Å². The van der Waals surface area contributed by atoms with Crippen LogP contribution in [0.5, 0.6) is 0 Å². The van der Waals surface area contributed by atoms with Crippen LogP contribution in [0.3, 0.4) is 0 Å². The van der Waals surface area contributed by atoms with Crippen LogP contribution in [0.15, 0.2) is 18.2 Å². The highest BCUT2D eigenvalue weighted by Crippen LogP contribution is 2.20. The Morgan fingerprint density at radius 3 is 2.60 bits per heavy atom. The van der Waals surface area contributed by atoms with Gasteiger partial charge in [-0.15, -0.1) is 0 Å². The Balaban J connectivity index is 2.49. The van der Waals surface area contributed by atoms with Crippen LogP contribution < -0.4 is 5.32 Å². The third kappa shape index (κ3) is 5.88. The van der Waals surface area contributed by atoms with Gasteiger partial charge in [-0.1, -0.05) is 40.4 Å². The molecular formula is C13H16BrClN2O3. The lowest BCUT2D eigenvalue weighted by molar-refractivity contribution is -0.384. The zero-order valence-electron chi connectivity index (χ0n) is 10.9. The van der Waals surface area contributed by atoms with E-state index in [1.807, 2.05) is 0 Å². The van der Waals surface area contributed by atoms with Gasteiger partial charge in [0.2, 0.25) is 0 Å². The first-order valence-electron chi connectivity index (χ1n) is 6.33. The summed E-state index contributed by atoms with van der Waals surface area (Å²) >= 11 is 9.13. The third-order valence-electron chi connectivity index (χ3n) is 2.70. The molecular weight excluding hydrogens is 348 g/mol. The van der Waals surface area contributed by atoms with Crippen molar-refractivity contribution in [2.24, 2.45) is 0 Å². The quantitative estimate of drug-likeness (QED) is 0.329. The molecule has 0 radical (unpaired) electrons. The number of hydrogen-bond donors (Lipinski definition) is 1. The van der Waals surface area contributed by atoms with E-state index in [1.165, 1.54) is 18.2 Å². The summed E-state index contributed by atoms with van der Waals surface area (Å²) in [5.41, 5.74) is 0.0321. The fourth-order valence-electron chi connectivity index (χ4n) is 1.69. The van der Waals surface area contributed by atoms with E-state index in [4.69, 9.17) is 11.6 Å². The topological polar surface area (TPSA) is 72.2 Å². The molecule has 0 unspecified atom stereocenters. The van der Waals surface area contributed by atoms with Crippen molar-refractivity contribution in [1.82, 2.24) is 5.32 Å². The van der Waals surface area contributed by atoms with Crippen molar-refractivity contribution in [2.75, 3.05) is 11.9 Å². The van der Waals surface area contributed by atoms with Gasteiger partial charge < -0.3 is 5.32 Å². The summed E-state index contributed by atoms with van der Waals surface area (Å²) < 4.78 is 0. The SMILES string of the molecule is O=C(NCCCCCCBr)c1cc(Cl)cc([N+](=O)[O-])c1. The third-order valence-corrected chi connectivity index (χ3v) is 3.48. The van der Waals surface area contributed by atoms with Gasteiger partial charge in [-0.05, 0) is 18.9 Å². The molecule has 0 saturated heterocycles. The molecule has 0 aliphatic heterocycles. The number of nitro groups is 1. The lowest BCUT2D eigenvalue weighted by Crippen LogP contribution is -2.24. The largest absolute Gasteiger partial charge is 0.352 e. The summed E-state index contributed by atoms with van der Waals surface area (Å²) in [7, 11) is 0. The van der Waals surface area contributed by atoms with Crippen LogP contribution >= 0.6 is 27.5 Å². The molecule has 0 aromatic heterocycles. The molecule has 1 aromatic carbocycles. The predicted octanol–water partition coefficient (Wildman–Crippen LogP) is 3.93. The molecule has 0 heterocycles. The molecule has 0 spiro atoms. The highest BCUT2D eigenvalue weighted by Gasteiger charge is 2.13. The molecule has 1 rings (SSSR count). The minimum absolute atomic E-state index is 0.181. The molecule has 7 heteroatoms. The zero-order chi connectivity index (χ0) is 15.0. The van der Waals surface area contributed by atoms with Crippen molar-refractivity contribution in [3.63, 3.8) is 0 Å². The number of nitro benzene ring substituents is 1. The van der Waals surface area contributed by atoms with E-state index in [0.717, 1.165) is 31.0 Å².